The Morgan fingerprint density at radius 1 is 0.951 bits per heavy atom. The molecular formula is C30H28FN3O7. The maximum absolute atomic E-state index is 13.8. The Hall–Kier alpha value is -5.19. The molecule has 0 aromatic heterocycles. The Labute approximate surface area is 235 Å². The fraction of sp³-hybridized carbons (Fsp3) is 0.200. The standard InChI is InChI=1S/C30H28FN3O7/c1-3-14-40-25-13-12-20(17-26(25)39-4-2)34-29(37)22(28(36)33-30(34)38)16-19-8-7-9-21(15-19)41-18-27(35)32-24-11-6-5-10-23(24)31/h5-13,15-17H,3-4,14,18H2,1-2H3,(H,32,35)(H,33,36,38)/b22-16+. The molecule has 0 atom stereocenters. The molecule has 1 aliphatic heterocycles. The van der Waals surface area contributed by atoms with Gasteiger partial charge in [0.15, 0.2) is 18.1 Å². The van der Waals surface area contributed by atoms with E-state index in [2.05, 4.69) is 10.6 Å². The summed E-state index contributed by atoms with van der Waals surface area (Å²) in [6.45, 7) is 4.14. The SMILES string of the molecule is CCCOc1ccc(N2C(=O)NC(=O)/C(=C\c3cccc(OCC(=O)Nc4ccccc4F)c3)C2=O)cc1OCC. The smallest absolute Gasteiger partial charge is 0.335 e. The number of halogens is 1. The summed E-state index contributed by atoms with van der Waals surface area (Å²) in [6.07, 6.45) is 2.09. The molecule has 0 spiro atoms. The average molecular weight is 562 g/mol. The highest BCUT2D eigenvalue weighted by atomic mass is 19.1. The highest BCUT2D eigenvalue weighted by molar-refractivity contribution is 6.39. The van der Waals surface area contributed by atoms with Gasteiger partial charge in [0.25, 0.3) is 17.7 Å². The number of hydrogen-bond acceptors (Lipinski definition) is 7. The second-order valence-corrected chi connectivity index (χ2v) is 8.76. The zero-order valence-corrected chi connectivity index (χ0v) is 22.4. The van der Waals surface area contributed by atoms with Gasteiger partial charge in [-0.25, -0.2) is 14.1 Å². The summed E-state index contributed by atoms with van der Waals surface area (Å²) < 4.78 is 30.6. The van der Waals surface area contributed by atoms with Gasteiger partial charge in [0.2, 0.25) is 0 Å². The Bertz CT molecular complexity index is 1500. The van der Waals surface area contributed by atoms with Gasteiger partial charge in [-0.3, -0.25) is 19.7 Å². The topological polar surface area (TPSA) is 123 Å². The van der Waals surface area contributed by atoms with Crippen LogP contribution in [0.15, 0.2) is 72.3 Å². The first kappa shape index (κ1) is 28.8. The van der Waals surface area contributed by atoms with Crippen molar-refractivity contribution in [2.75, 3.05) is 30.0 Å². The molecule has 3 aromatic carbocycles. The monoisotopic (exact) mass is 561 g/mol. The van der Waals surface area contributed by atoms with Gasteiger partial charge in [-0.1, -0.05) is 31.2 Å². The first-order valence-corrected chi connectivity index (χ1v) is 12.9. The molecule has 1 fully saturated rings. The molecule has 2 N–H and O–H groups in total. The number of hydrogen-bond donors (Lipinski definition) is 2. The third kappa shape index (κ3) is 7.07. The minimum absolute atomic E-state index is 0.0250. The fourth-order valence-corrected chi connectivity index (χ4v) is 3.89. The van der Waals surface area contributed by atoms with Crippen LogP contribution in [-0.2, 0) is 14.4 Å². The van der Waals surface area contributed by atoms with E-state index in [4.69, 9.17) is 14.2 Å². The molecule has 1 heterocycles. The molecule has 0 radical (unpaired) electrons. The van der Waals surface area contributed by atoms with E-state index in [1.807, 2.05) is 6.92 Å². The second kappa shape index (κ2) is 13.2. The van der Waals surface area contributed by atoms with E-state index in [0.29, 0.717) is 30.3 Å². The molecule has 10 nitrogen and oxygen atoms in total. The third-order valence-electron chi connectivity index (χ3n) is 5.74. The number of benzene rings is 3. The lowest BCUT2D eigenvalue weighted by molar-refractivity contribution is -0.122. The quantitative estimate of drug-likeness (QED) is 0.257. The molecule has 41 heavy (non-hydrogen) atoms. The molecule has 1 saturated heterocycles. The summed E-state index contributed by atoms with van der Waals surface area (Å²) >= 11 is 0. The van der Waals surface area contributed by atoms with E-state index in [9.17, 15) is 23.6 Å². The molecular weight excluding hydrogens is 533 g/mol. The Balaban J connectivity index is 1.52. The summed E-state index contributed by atoms with van der Waals surface area (Å²) in [5, 5.41) is 4.60. The van der Waals surface area contributed by atoms with Crippen molar-refractivity contribution in [3.05, 3.63) is 83.7 Å². The molecule has 0 aliphatic carbocycles. The van der Waals surface area contributed by atoms with E-state index in [0.717, 1.165) is 11.3 Å². The molecule has 0 saturated carbocycles. The minimum Gasteiger partial charge on any atom is -0.490 e. The van der Waals surface area contributed by atoms with Gasteiger partial charge >= 0.3 is 6.03 Å². The maximum atomic E-state index is 13.8. The third-order valence-corrected chi connectivity index (χ3v) is 5.74. The van der Waals surface area contributed by atoms with Crippen LogP contribution in [0.4, 0.5) is 20.6 Å². The van der Waals surface area contributed by atoms with Gasteiger partial charge in [-0.2, -0.15) is 0 Å². The number of carbonyl (C=O) groups is 4. The number of amides is 5. The van der Waals surface area contributed by atoms with Crippen molar-refractivity contribution in [3.63, 3.8) is 0 Å². The van der Waals surface area contributed by atoms with Crippen molar-refractivity contribution in [2.24, 2.45) is 0 Å². The summed E-state index contributed by atoms with van der Waals surface area (Å²) in [5.41, 5.74) is 0.333. The molecule has 212 valence electrons. The number of anilines is 2. The zero-order valence-electron chi connectivity index (χ0n) is 22.4. The number of carbonyl (C=O) groups excluding carboxylic acids is 4. The van der Waals surface area contributed by atoms with E-state index >= 15 is 0 Å². The lowest BCUT2D eigenvalue weighted by atomic mass is 10.1. The summed E-state index contributed by atoms with van der Waals surface area (Å²) in [5.74, 6) is -1.76. The van der Waals surface area contributed by atoms with Crippen molar-refractivity contribution in [3.8, 4) is 17.2 Å². The van der Waals surface area contributed by atoms with Crippen LogP contribution in [0, 0.1) is 5.82 Å². The van der Waals surface area contributed by atoms with Gasteiger partial charge in [0.1, 0.15) is 17.1 Å². The molecule has 0 bridgehead atoms. The van der Waals surface area contributed by atoms with Crippen LogP contribution in [0.25, 0.3) is 6.08 Å². The van der Waals surface area contributed by atoms with Crippen LogP contribution < -0.4 is 29.7 Å². The molecule has 1 aliphatic rings. The lowest BCUT2D eigenvalue weighted by Crippen LogP contribution is -2.54. The van der Waals surface area contributed by atoms with Crippen molar-refractivity contribution >= 4 is 41.2 Å². The largest absolute Gasteiger partial charge is 0.490 e. The number of nitrogens with zero attached hydrogens (tertiary/aromatic N) is 1. The van der Waals surface area contributed by atoms with E-state index in [1.165, 1.54) is 42.5 Å². The molecule has 0 unspecified atom stereocenters. The molecule has 4 rings (SSSR count). The normalized spacial score (nSPS) is 14.1. The molecule has 5 amide bonds. The van der Waals surface area contributed by atoms with E-state index < -0.39 is 36.2 Å². The van der Waals surface area contributed by atoms with Gasteiger partial charge in [0.05, 0.1) is 24.6 Å². The number of para-hydroxylation sites is 1. The van der Waals surface area contributed by atoms with Gasteiger partial charge in [-0.05, 0) is 61.4 Å². The highest BCUT2D eigenvalue weighted by Gasteiger charge is 2.37. The van der Waals surface area contributed by atoms with Crippen LogP contribution in [0.3, 0.4) is 0 Å². The Morgan fingerprint density at radius 2 is 1.76 bits per heavy atom. The van der Waals surface area contributed by atoms with Gasteiger partial charge in [0, 0.05) is 6.07 Å². The number of ether oxygens (including phenoxy) is 3. The zero-order chi connectivity index (χ0) is 29.4. The van der Waals surface area contributed by atoms with Crippen LogP contribution >= 0.6 is 0 Å². The summed E-state index contributed by atoms with van der Waals surface area (Å²) in [6, 6.07) is 15.8. The minimum atomic E-state index is -0.903. The van der Waals surface area contributed by atoms with E-state index in [1.54, 1.807) is 37.3 Å². The van der Waals surface area contributed by atoms with Gasteiger partial charge in [-0.15, -0.1) is 0 Å². The predicted octanol–water partition coefficient (Wildman–Crippen LogP) is 4.70. The number of imide groups is 2. The van der Waals surface area contributed by atoms with Crippen LogP contribution in [-0.4, -0.2) is 43.6 Å². The number of rotatable bonds is 11. The van der Waals surface area contributed by atoms with Crippen LogP contribution in [0.5, 0.6) is 17.2 Å². The second-order valence-electron chi connectivity index (χ2n) is 8.76. The summed E-state index contributed by atoms with van der Waals surface area (Å²) in [7, 11) is 0. The van der Waals surface area contributed by atoms with Crippen LogP contribution in [0.1, 0.15) is 25.8 Å². The fourth-order valence-electron chi connectivity index (χ4n) is 3.89. The van der Waals surface area contributed by atoms with Crippen molar-refractivity contribution in [2.45, 2.75) is 20.3 Å². The number of barbiturate groups is 1. The van der Waals surface area contributed by atoms with Gasteiger partial charge < -0.3 is 19.5 Å². The first-order valence-electron chi connectivity index (χ1n) is 12.9. The lowest BCUT2D eigenvalue weighted by Gasteiger charge is -2.27. The average Bonchev–Trinajstić information content (AvgIpc) is 2.95. The highest BCUT2D eigenvalue weighted by Crippen LogP contribution is 2.34. The number of nitrogens with one attached hydrogen (secondary N) is 2. The van der Waals surface area contributed by atoms with Crippen molar-refractivity contribution in [1.29, 1.82) is 0 Å². The maximum Gasteiger partial charge on any atom is 0.335 e. The molecule has 11 heteroatoms. The van der Waals surface area contributed by atoms with Crippen molar-refractivity contribution < 1.29 is 37.8 Å². The number of urea groups is 1. The Kier molecular flexibility index (Phi) is 9.31. The summed E-state index contributed by atoms with van der Waals surface area (Å²) in [4.78, 5) is 51.7. The van der Waals surface area contributed by atoms with E-state index in [-0.39, 0.29) is 22.7 Å². The van der Waals surface area contributed by atoms with Crippen molar-refractivity contribution in [1.82, 2.24) is 5.32 Å². The first-order chi connectivity index (χ1) is 19.8. The predicted molar refractivity (Wildman–Crippen MR) is 149 cm³/mol. The van der Waals surface area contributed by atoms with Crippen LogP contribution in [0.2, 0.25) is 0 Å². The molecule has 3 aromatic rings. The Morgan fingerprint density at radius 3 is 2.51 bits per heavy atom.